The Morgan fingerprint density at radius 1 is 0.649 bits per heavy atom. The van der Waals surface area contributed by atoms with Crippen molar-refractivity contribution in [1.29, 1.82) is 0 Å². The Balaban J connectivity index is 1.59. The van der Waals surface area contributed by atoms with Crippen LogP contribution < -0.4 is 38.2 Å². The van der Waals surface area contributed by atoms with Crippen molar-refractivity contribution in [3.63, 3.8) is 0 Å². The maximum Gasteiger partial charge on any atom is 0.289 e. The molecule has 1 atom stereocenters. The highest BCUT2D eigenvalue weighted by Crippen LogP contribution is 2.38. The van der Waals surface area contributed by atoms with Gasteiger partial charge < -0.3 is 29.6 Å². The van der Waals surface area contributed by atoms with Crippen LogP contribution in [0.25, 0.3) is 0 Å². The summed E-state index contributed by atoms with van der Waals surface area (Å²) in [4.78, 5) is 47.3. The number of hydrogen-bond acceptors (Lipinski definition) is 14. The van der Waals surface area contributed by atoms with E-state index in [-0.39, 0.29) is 40.9 Å². The van der Waals surface area contributed by atoms with Crippen molar-refractivity contribution in [1.82, 2.24) is 10.6 Å². The van der Waals surface area contributed by atoms with E-state index >= 15 is 0 Å². The molecule has 20 nitrogen and oxygen atoms in total. The lowest BCUT2D eigenvalue weighted by Crippen LogP contribution is -2.48. The normalized spacial score (nSPS) is 11.7. The molecule has 0 bridgehead atoms. The van der Waals surface area contributed by atoms with E-state index in [1.165, 1.54) is 96.0 Å². The van der Waals surface area contributed by atoms with Crippen LogP contribution in [0.3, 0.4) is 0 Å². The molecule has 0 fully saturated rings. The Labute approximate surface area is 327 Å². The minimum Gasteiger partial charge on any atom is -0.497 e. The zero-order valence-corrected chi connectivity index (χ0v) is 32.7. The number of methoxy groups -OCH3 is 4. The van der Waals surface area contributed by atoms with Crippen LogP contribution in [0.4, 0.5) is 22.7 Å². The Morgan fingerprint density at radius 3 is 1.44 bits per heavy atom. The van der Waals surface area contributed by atoms with Gasteiger partial charge in [0.25, 0.3) is 31.4 Å². The number of para-hydroxylation sites is 2. The molecule has 0 unspecified atom stereocenters. The zero-order chi connectivity index (χ0) is 42.1. The van der Waals surface area contributed by atoms with Gasteiger partial charge in [0.1, 0.15) is 36.1 Å². The summed E-state index contributed by atoms with van der Waals surface area (Å²) in [7, 11) is -4.40. The topological polar surface area (TPSA) is 256 Å². The molecular formula is C35H38N6O14S2. The fraction of sp³-hybridized carbons (Fsp3) is 0.257. The summed E-state index contributed by atoms with van der Waals surface area (Å²) in [6.45, 7) is -0.667. The summed E-state index contributed by atoms with van der Waals surface area (Å²) < 4.78 is 78.5. The van der Waals surface area contributed by atoms with E-state index in [1.807, 2.05) is 0 Å². The number of anilines is 2. The van der Waals surface area contributed by atoms with Gasteiger partial charge in [0, 0.05) is 36.9 Å². The maximum absolute atomic E-state index is 14.1. The molecule has 0 aromatic heterocycles. The molecule has 57 heavy (non-hydrogen) atoms. The number of benzene rings is 4. The molecule has 0 spiro atoms. The van der Waals surface area contributed by atoms with Gasteiger partial charge in [-0.2, -0.15) is 0 Å². The second kappa shape index (κ2) is 18.3. The van der Waals surface area contributed by atoms with Crippen LogP contribution in [-0.2, 0) is 29.6 Å². The van der Waals surface area contributed by atoms with Gasteiger partial charge >= 0.3 is 0 Å². The van der Waals surface area contributed by atoms with E-state index in [9.17, 15) is 46.7 Å². The highest BCUT2D eigenvalue weighted by molar-refractivity contribution is 7.93. The van der Waals surface area contributed by atoms with Crippen molar-refractivity contribution in [2.24, 2.45) is 0 Å². The van der Waals surface area contributed by atoms with Gasteiger partial charge in [-0.05, 0) is 43.3 Å². The number of ether oxygens (including phenoxy) is 4. The molecule has 4 aromatic carbocycles. The Morgan fingerprint density at radius 2 is 1.05 bits per heavy atom. The minimum absolute atomic E-state index is 0.0428. The smallest absolute Gasteiger partial charge is 0.289 e. The molecule has 22 heteroatoms. The average molecular weight is 831 g/mol. The third-order valence-electron chi connectivity index (χ3n) is 8.16. The first-order chi connectivity index (χ1) is 27.0. The fourth-order valence-corrected chi connectivity index (χ4v) is 8.61. The number of amides is 2. The summed E-state index contributed by atoms with van der Waals surface area (Å²) in [6.07, 6.45) is 0. The molecule has 0 saturated heterocycles. The maximum atomic E-state index is 14.1. The Bertz CT molecular complexity index is 2380. The van der Waals surface area contributed by atoms with E-state index in [0.29, 0.717) is 8.61 Å². The van der Waals surface area contributed by atoms with Crippen molar-refractivity contribution in [3.8, 4) is 23.0 Å². The first-order valence-corrected chi connectivity index (χ1v) is 19.4. The van der Waals surface area contributed by atoms with E-state index < -0.39 is 82.0 Å². The van der Waals surface area contributed by atoms with Crippen molar-refractivity contribution >= 4 is 54.6 Å². The molecular weight excluding hydrogens is 793 g/mol. The van der Waals surface area contributed by atoms with Crippen LogP contribution in [0.1, 0.15) is 6.92 Å². The van der Waals surface area contributed by atoms with Gasteiger partial charge in [-0.15, -0.1) is 0 Å². The van der Waals surface area contributed by atoms with E-state index in [0.717, 1.165) is 24.3 Å². The van der Waals surface area contributed by atoms with Gasteiger partial charge in [0.15, 0.2) is 9.79 Å². The van der Waals surface area contributed by atoms with Crippen LogP contribution in [0, 0.1) is 20.2 Å². The zero-order valence-electron chi connectivity index (χ0n) is 31.1. The Kier molecular flexibility index (Phi) is 13.8. The van der Waals surface area contributed by atoms with E-state index in [2.05, 4.69) is 10.6 Å². The van der Waals surface area contributed by atoms with Crippen LogP contribution in [0.2, 0.25) is 0 Å². The number of hydrogen-bond donors (Lipinski definition) is 2. The lowest BCUT2D eigenvalue weighted by Gasteiger charge is -2.27. The van der Waals surface area contributed by atoms with E-state index in [4.69, 9.17) is 18.9 Å². The molecule has 0 aliphatic heterocycles. The molecule has 304 valence electrons. The highest BCUT2D eigenvalue weighted by Gasteiger charge is 2.36. The number of nitrogens with zero attached hydrogens (tertiary/aromatic N) is 4. The van der Waals surface area contributed by atoms with Crippen LogP contribution in [0.5, 0.6) is 23.0 Å². The number of carbonyl (C=O) groups is 2. The number of nitrogens with one attached hydrogen (secondary N) is 2. The number of nitro benzene ring substituents is 2. The van der Waals surface area contributed by atoms with Crippen LogP contribution in [-0.4, -0.2) is 92.6 Å². The molecule has 0 heterocycles. The van der Waals surface area contributed by atoms with Crippen molar-refractivity contribution in [2.75, 3.05) is 56.7 Å². The molecule has 0 radical (unpaired) electrons. The van der Waals surface area contributed by atoms with Gasteiger partial charge in [0.2, 0.25) is 11.8 Å². The lowest BCUT2D eigenvalue weighted by atomic mass is 10.2. The molecule has 0 saturated carbocycles. The molecule has 4 rings (SSSR count). The predicted octanol–water partition coefficient (Wildman–Crippen LogP) is 3.25. The van der Waals surface area contributed by atoms with Gasteiger partial charge in [-0.25, -0.2) is 16.8 Å². The van der Waals surface area contributed by atoms with Crippen LogP contribution >= 0.6 is 0 Å². The third-order valence-corrected chi connectivity index (χ3v) is 11.8. The van der Waals surface area contributed by atoms with Gasteiger partial charge in [-0.3, -0.25) is 38.4 Å². The number of carbonyl (C=O) groups excluding carboxylic acids is 2. The minimum atomic E-state index is -4.82. The first-order valence-electron chi connectivity index (χ1n) is 16.5. The van der Waals surface area contributed by atoms with Crippen molar-refractivity contribution < 1.29 is 55.2 Å². The lowest BCUT2D eigenvalue weighted by molar-refractivity contribution is -0.388. The number of nitro groups is 2. The quantitative estimate of drug-likeness (QED) is 0.102. The van der Waals surface area contributed by atoms with Crippen molar-refractivity contribution in [3.05, 3.63) is 105 Å². The summed E-state index contributed by atoms with van der Waals surface area (Å²) in [5.41, 5.74) is -1.78. The van der Waals surface area contributed by atoms with Crippen LogP contribution in [0.15, 0.2) is 94.7 Å². The monoisotopic (exact) mass is 830 g/mol. The summed E-state index contributed by atoms with van der Waals surface area (Å²) >= 11 is 0. The molecule has 2 amide bonds. The summed E-state index contributed by atoms with van der Waals surface area (Å²) in [6, 6.07) is 16.4. The summed E-state index contributed by atoms with van der Waals surface area (Å²) in [5.74, 6) is -1.32. The molecule has 4 aromatic rings. The standard InChI is InChI=1S/C35H38N6O14S2/c1-23(37-35(43)22-39(27-17-15-25(53-3)19-31(27)55-5)57(50,51)33-13-9-7-11-29(33)41(46)47)20-36-34(42)21-38(26-16-14-24(52-2)18-30(26)54-4)56(48,49)32-12-8-6-10-28(32)40(44)45/h6-19,23H,20-22H2,1-5H3,(H,36,42)(H,37,43)/t23-/m0/s1. The largest absolute Gasteiger partial charge is 0.497 e. The molecule has 0 aliphatic carbocycles. The predicted molar refractivity (Wildman–Crippen MR) is 205 cm³/mol. The highest BCUT2D eigenvalue weighted by atomic mass is 32.2. The van der Waals surface area contributed by atoms with E-state index in [1.54, 1.807) is 0 Å². The number of rotatable bonds is 19. The molecule has 2 N–H and O–H groups in total. The fourth-order valence-electron chi connectivity index (χ4n) is 5.43. The number of sulfonamides is 2. The second-order valence-corrected chi connectivity index (χ2v) is 15.5. The second-order valence-electron chi connectivity index (χ2n) is 11.8. The first kappa shape index (κ1) is 43.1. The average Bonchev–Trinajstić information content (AvgIpc) is 3.20. The van der Waals surface area contributed by atoms with Crippen molar-refractivity contribution in [2.45, 2.75) is 22.8 Å². The molecule has 0 aliphatic rings. The Hall–Kier alpha value is -6.68. The third kappa shape index (κ3) is 9.77. The SMILES string of the molecule is COc1ccc(N(CC(=O)NC[C@H](C)NC(=O)CN(c2ccc(OC)cc2OC)S(=O)(=O)c2ccccc2[N+](=O)[O-])S(=O)(=O)c2ccccc2[N+](=O)[O-])c(OC)c1. The van der Waals surface area contributed by atoms with Gasteiger partial charge in [-0.1, -0.05) is 24.3 Å². The summed E-state index contributed by atoms with van der Waals surface area (Å²) in [5, 5.41) is 28.6. The van der Waals surface area contributed by atoms with Gasteiger partial charge in [0.05, 0.1) is 49.7 Å².